The summed E-state index contributed by atoms with van der Waals surface area (Å²) in [6.45, 7) is 19.9. The predicted octanol–water partition coefficient (Wildman–Crippen LogP) is 3.15. The standard InChI is InChI=1S/C34H60N2O10/c1-29(2)21-33(43-13-14-44-33)22-30(3,4)35(29)17-25(37)19-41-27(39)11-9-10-12-28(40)42-20-26(38)18-36-31(5,6)23-34(24-32(36,7)8)45-15-16-46-34/h25-26,37-38H,9-24H2,1-8H3. The molecule has 0 amide bonds. The zero-order chi connectivity index (χ0) is 34.0. The summed E-state index contributed by atoms with van der Waals surface area (Å²) in [6, 6.07) is 0. The van der Waals surface area contributed by atoms with Crippen LogP contribution in [0, 0.1) is 0 Å². The zero-order valence-electron chi connectivity index (χ0n) is 29.5. The summed E-state index contributed by atoms with van der Waals surface area (Å²) >= 11 is 0. The molecule has 0 bridgehead atoms. The molecule has 0 aromatic heterocycles. The number of unbranched alkanes of at least 4 members (excludes halogenated alkanes) is 1. The Bertz CT molecular complexity index is 927. The van der Waals surface area contributed by atoms with Crippen molar-refractivity contribution in [2.45, 2.75) is 153 Å². The van der Waals surface area contributed by atoms with Crippen molar-refractivity contribution in [2.75, 3.05) is 52.7 Å². The third kappa shape index (κ3) is 9.19. The normalized spacial score (nSPS) is 27.4. The summed E-state index contributed by atoms with van der Waals surface area (Å²) in [5.74, 6) is -1.98. The van der Waals surface area contributed by atoms with Crippen molar-refractivity contribution in [3.8, 4) is 0 Å². The fourth-order valence-corrected chi connectivity index (χ4v) is 8.76. The molecule has 4 aliphatic rings. The lowest BCUT2D eigenvalue weighted by Gasteiger charge is -2.58. The summed E-state index contributed by atoms with van der Waals surface area (Å²) in [4.78, 5) is 29.2. The Morgan fingerprint density at radius 1 is 0.587 bits per heavy atom. The molecule has 12 heteroatoms. The monoisotopic (exact) mass is 656 g/mol. The smallest absolute Gasteiger partial charge is 0.305 e. The van der Waals surface area contributed by atoms with Gasteiger partial charge in [-0.15, -0.1) is 0 Å². The lowest BCUT2D eigenvalue weighted by atomic mass is 9.76. The predicted molar refractivity (Wildman–Crippen MR) is 170 cm³/mol. The van der Waals surface area contributed by atoms with E-state index in [4.69, 9.17) is 28.4 Å². The maximum absolute atomic E-state index is 12.4. The molecule has 4 saturated heterocycles. The van der Waals surface area contributed by atoms with E-state index in [0.29, 0.717) is 78.0 Å². The Morgan fingerprint density at radius 2 is 0.870 bits per heavy atom. The highest BCUT2D eigenvalue weighted by atomic mass is 16.7. The Balaban J connectivity index is 1.10. The van der Waals surface area contributed by atoms with Crippen LogP contribution in [0.2, 0.25) is 0 Å². The minimum absolute atomic E-state index is 0.0920. The van der Waals surface area contributed by atoms with Crippen LogP contribution in [0.3, 0.4) is 0 Å². The maximum Gasteiger partial charge on any atom is 0.305 e. The number of aliphatic hydroxyl groups is 2. The molecule has 4 rings (SSSR count). The fourth-order valence-electron chi connectivity index (χ4n) is 8.76. The molecule has 46 heavy (non-hydrogen) atoms. The van der Waals surface area contributed by atoms with Crippen LogP contribution in [0.1, 0.15) is 107 Å². The van der Waals surface area contributed by atoms with Crippen molar-refractivity contribution in [2.24, 2.45) is 0 Å². The first kappa shape index (κ1) is 37.4. The van der Waals surface area contributed by atoms with E-state index in [0.717, 1.165) is 0 Å². The summed E-state index contributed by atoms with van der Waals surface area (Å²) in [5.41, 5.74) is -1.14. The van der Waals surface area contributed by atoms with E-state index in [9.17, 15) is 19.8 Å². The zero-order valence-corrected chi connectivity index (χ0v) is 29.5. The molecule has 266 valence electrons. The van der Waals surface area contributed by atoms with Gasteiger partial charge in [0.05, 0.1) is 26.4 Å². The van der Waals surface area contributed by atoms with Crippen molar-refractivity contribution in [1.82, 2.24) is 9.80 Å². The molecule has 4 heterocycles. The van der Waals surface area contributed by atoms with Crippen LogP contribution in [0.4, 0.5) is 0 Å². The average molecular weight is 657 g/mol. The van der Waals surface area contributed by atoms with Crippen molar-refractivity contribution in [1.29, 1.82) is 0 Å². The second-order valence-corrected chi connectivity index (χ2v) is 16.3. The largest absolute Gasteiger partial charge is 0.463 e. The number of piperidine rings is 2. The first-order chi connectivity index (χ1) is 21.3. The molecule has 2 N–H and O–H groups in total. The molecular weight excluding hydrogens is 596 g/mol. The highest BCUT2D eigenvalue weighted by molar-refractivity contribution is 5.70. The van der Waals surface area contributed by atoms with E-state index in [2.05, 4.69) is 65.2 Å². The molecule has 2 atom stereocenters. The van der Waals surface area contributed by atoms with Crippen LogP contribution in [0.15, 0.2) is 0 Å². The van der Waals surface area contributed by atoms with Crippen LogP contribution in [-0.4, -0.2) is 131 Å². The van der Waals surface area contributed by atoms with E-state index >= 15 is 0 Å². The van der Waals surface area contributed by atoms with Gasteiger partial charge >= 0.3 is 11.9 Å². The van der Waals surface area contributed by atoms with Gasteiger partial charge in [-0.3, -0.25) is 19.4 Å². The SMILES string of the molecule is CC1(C)CC2(CC(C)(C)N1CC(O)COC(=O)CCCCC(=O)OCC(O)CN1C(C)(C)CC3(CC1(C)C)OCCO3)OCCO2. The van der Waals surface area contributed by atoms with Crippen LogP contribution < -0.4 is 0 Å². The lowest BCUT2D eigenvalue weighted by molar-refractivity contribution is -0.243. The van der Waals surface area contributed by atoms with Gasteiger partial charge in [0.15, 0.2) is 11.6 Å². The third-order valence-electron chi connectivity index (χ3n) is 10.0. The molecule has 2 spiro atoms. The average Bonchev–Trinajstić information content (AvgIpc) is 3.56. The number of rotatable bonds is 13. The number of aliphatic hydroxyl groups excluding tert-OH is 2. The van der Waals surface area contributed by atoms with Crippen LogP contribution in [0.5, 0.6) is 0 Å². The summed E-state index contributed by atoms with van der Waals surface area (Å²) < 4.78 is 34.7. The Kier molecular flexibility index (Phi) is 11.6. The Hall–Kier alpha value is -1.38. The number of β-amino-alcohol motifs (C(OH)–C–C–N with tert-alkyl or cyclic N) is 2. The van der Waals surface area contributed by atoms with E-state index in [1.807, 2.05) is 0 Å². The third-order valence-corrected chi connectivity index (χ3v) is 10.0. The molecule has 0 aromatic carbocycles. The van der Waals surface area contributed by atoms with Gasteiger partial charge in [0, 0.05) is 73.8 Å². The topological polar surface area (TPSA) is 136 Å². The van der Waals surface area contributed by atoms with Gasteiger partial charge in [0.2, 0.25) is 0 Å². The summed E-state index contributed by atoms with van der Waals surface area (Å²) in [7, 11) is 0. The minimum Gasteiger partial charge on any atom is -0.463 e. The van der Waals surface area contributed by atoms with Crippen LogP contribution in [-0.2, 0) is 38.0 Å². The van der Waals surface area contributed by atoms with Crippen molar-refractivity contribution in [3.63, 3.8) is 0 Å². The number of nitrogens with zero attached hydrogens (tertiary/aromatic N) is 2. The van der Waals surface area contributed by atoms with Crippen LogP contribution >= 0.6 is 0 Å². The lowest BCUT2D eigenvalue weighted by Crippen LogP contribution is -2.67. The number of hydrogen-bond donors (Lipinski definition) is 2. The van der Waals surface area contributed by atoms with Crippen molar-refractivity contribution < 1.29 is 48.2 Å². The number of likely N-dealkylation sites (tertiary alicyclic amines) is 2. The Morgan fingerprint density at radius 3 is 1.15 bits per heavy atom. The van der Waals surface area contributed by atoms with E-state index in [1.54, 1.807) is 0 Å². The van der Waals surface area contributed by atoms with Gasteiger partial charge in [-0.2, -0.15) is 0 Å². The van der Waals surface area contributed by atoms with Gasteiger partial charge in [0.1, 0.15) is 25.4 Å². The number of hydrogen-bond acceptors (Lipinski definition) is 12. The maximum atomic E-state index is 12.4. The molecule has 0 aromatic rings. The molecule has 0 radical (unpaired) electrons. The minimum atomic E-state index is -0.838. The molecule has 0 aliphatic carbocycles. The summed E-state index contributed by atoms with van der Waals surface area (Å²) in [6.07, 6.45) is 2.31. The molecule has 4 aliphatic heterocycles. The van der Waals surface area contributed by atoms with Gasteiger partial charge in [-0.05, 0) is 68.2 Å². The fraction of sp³-hybridized carbons (Fsp3) is 0.941. The van der Waals surface area contributed by atoms with Gasteiger partial charge < -0.3 is 38.6 Å². The molecule has 4 fully saturated rings. The first-order valence-corrected chi connectivity index (χ1v) is 17.1. The van der Waals surface area contributed by atoms with E-state index in [-0.39, 0.29) is 48.2 Å². The molecule has 0 saturated carbocycles. The summed E-state index contributed by atoms with van der Waals surface area (Å²) in [5, 5.41) is 21.5. The molecular formula is C34H60N2O10. The Labute approximate surface area is 275 Å². The second kappa shape index (κ2) is 14.2. The highest BCUT2D eigenvalue weighted by Gasteiger charge is 2.56. The van der Waals surface area contributed by atoms with Crippen molar-refractivity contribution >= 4 is 11.9 Å². The number of ether oxygens (including phenoxy) is 6. The molecule has 2 unspecified atom stereocenters. The quantitative estimate of drug-likeness (QED) is 0.223. The van der Waals surface area contributed by atoms with E-state index in [1.165, 1.54) is 0 Å². The van der Waals surface area contributed by atoms with Crippen LogP contribution in [0.25, 0.3) is 0 Å². The highest BCUT2D eigenvalue weighted by Crippen LogP contribution is 2.48. The first-order valence-electron chi connectivity index (χ1n) is 17.1. The van der Waals surface area contributed by atoms with Gasteiger partial charge in [-0.1, -0.05) is 0 Å². The number of esters is 2. The molecule has 12 nitrogen and oxygen atoms in total. The van der Waals surface area contributed by atoms with Crippen molar-refractivity contribution in [3.05, 3.63) is 0 Å². The van der Waals surface area contributed by atoms with Gasteiger partial charge in [-0.25, -0.2) is 0 Å². The second-order valence-electron chi connectivity index (χ2n) is 16.3. The van der Waals surface area contributed by atoms with E-state index < -0.39 is 35.7 Å². The van der Waals surface area contributed by atoms with Gasteiger partial charge in [0.25, 0.3) is 0 Å². The number of carbonyl (C=O) groups excluding carboxylic acids is 2. The number of carbonyl (C=O) groups is 2.